The molecule has 6 amide bonds. The molecule has 0 unspecified atom stereocenters. The minimum absolute atomic E-state index is 0.0612. The lowest BCUT2D eigenvalue weighted by Gasteiger charge is -2.08. The number of nitrogens with zero attached hydrogens (tertiary/aromatic N) is 12. The van der Waals surface area contributed by atoms with E-state index in [9.17, 15) is 19.2 Å². The normalized spacial score (nSPS) is 11.4. The van der Waals surface area contributed by atoms with Gasteiger partial charge in [-0.05, 0) is 129 Å². The Kier molecular flexibility index (Phi) is 16.0. The SMILES string of the molecule is CCNC(=O)Nc1nc2c(-n3cc(C)cn3)cc(-c3cccnc3)cc2[nH]1.CCNC(=O)Nc1nc2c(-n3cccn3)cc(-c3ccn(CC)c(=O)c3)cc2[nH]1.CCNC(=O)Nc1nc2c(-n3cccn3)cc(-c3cnc4c(c3)OCO4)cc2[nH]1. The highest BCUT2D eigenvalue weighted by molar-refractivity contribution is 5.97. The van der Waals surface area contributed by atoms with Crippen LogP contribution in [0.4, 0.5) is 32.2 Å². The molecule has 1 aliphatic heterocycles. The number of urea groups is 3. The Morgan fingerprint density at radius 1 is 0.541 bits per heavy atom. The zero-order chi connectivity index (χ0) is 59.0. The first-order chi connectivity index (χ1) is 41.4. The quantitative estimate of drug-likeness (QED) is 0.0522. The molecule has 12 aromatic rings. The molecule has 9 aromatic heterocycles. The second-order valence-electron chi connectivity index (χ2n) is 19.0. The Bertz CT molecular complexity index is 4410. The van der Waals surface area contributed by atoms with Crippen molar-refractivity contribution >= 4 is 69.0 Å². The van der Waals surface area contributed by atoms with Crippen molar-refractivity contribution in [2.45, 2.75) is 41.2 Å². The lowest BCUT2D eigenvalue weighted by Crippen LogP contribution is -2.28. The molecule has 27 nitrogen and oxygen atoms in total. The number of benzene rings is 3. The third-order valence-electron chi connectivity index (χ3n) is 13.1. The molecule has 0 aliphatic carbocycles. The number of amides is 6. The minimum atomic E-state index is -0.337. The molecule has 0 atom stereocenters. The van der Waals surface area contributed by atoms with Crippen molar-refractivity contribution in [2.75, 3.05) is 42.4 Å². The fourth-order valence-corrected chi connectivity index (χ4v) is 9.24. The van der Waals surface area contributed by atoms with Crippen LogP contribution >= 0.6 is 0 Å². The third-order valence-corrected chi connectivity index (χ3v) is 13.1. The van der Waals surface area contributed by atoms with Crippen molar-refractivity contribution in [3.05, 3.63) is 157 Å². The molecule has 3 aromatic carbocycles. The largest absolute Gasteiger partial charge is 0.452 e. The summed E-state index contributed by atoms with van der Waals surface area (Å²) in [5, 5.41) is 29.2. The Balaban J connectivity index is 0.000000133. The van der Waals surface area contributed by atoms with Crippen LogP contribution in [0.1, 0.15) is 33.3 Å². The molecule has 0 saturated heterocycles. The van der Waals surface area contributed by atoms with Crippen molar-refractivity contribution in [3.8, 4) is 62.1 Å². The van der Waals surface area contributed by atoms with Gasteiger partial charge in [0.05, 0.1) is 39.8 Å². The highest BCUT2D eigenvalue weighted by Crippen LogP contribution is 2.37. The van der Waals surface area contributed by atoms with Crippen LogP contribution in [0.15, 0.2) is 146 Å². The first kappa shape index (κ1) is 55.3. The van der Waals surface area contributed by atoms with Crippen LogP contribution in [-0.4, -0.2) is 118 Å². The Morgan fingerprint density at radius 2 is 1.07 bits per heavy atom. The number of ether oxygens (including phenoxy) is 2. The van der Waals surface area contributed by atoms with E-state index in [0.717, 1.165) is 78.1 Å². The monoisotopic (exact) mass is 1140 g/mol. The second-order valence-corrected chi connectivity index (χ2v) is 19.0. The number of carbonyl (C=O) groups is 3. The van der Waals surface area contributed by atoms with Crippen LogP contribution in [0.3, 0.4) is 0 Å². The van der Waals surface area contributed by atoms with Crippen LogP contribution in [-0.2, 0) is 6.54 Å². The van der Waals surface area contributed by atoms with E-state index >= 15 is 0 Å². The Morgan fingerprint density at radius 3 is 1.53 bits per heavy atom. The van der Waals surface area contributed by atoms with Crippen LogP contribution in [0.5, 0.6) is 11.6 Å². The summed E-state index contributed by atoms with van der Waals surface area (Å²) < 4.78 is 17.6. The molecule has 0 fully saturated rings. The number of hydrogen-bond acceptors (Lipinski definition) is 14. The number of aromatic nitrogens is 15. The van der Waals surface area contributed by atoms with E-state index in [1.54, 1.807) is 61.9 Å². The van der Waals surface area contributed by atoms with Crippen molar-refractivity contribution in [1.29, 1.82) is 0 Å². The van der Waals surface area contributed by atoms with Gasteiger partial charge < -0.3 is 44.9 Å². The van der Waals surface area contributed by atoms with Crippen LogP contribution in [0.2, 0.25) is 0 Å². The van der Waals surface area contributed by atoms with Gasteiger partial charge in [-0.2, -0.15) is 15.3 Å². The maximum Gasteiger partial charge on any atom is 0.321 e. The molecule has 10 heterocycles. The topological polar surface area (TPSA) is 329 Å². The summed E-state index contributed by atoms with van der Waals surface area (Å²) in [5.41, 5.74) is 13.0. The number of nitrogens with one attached hydrogen (secondary N) is 9. The first-order valence-electron chi connectivity index (χ1n) is 27.1. The molecule has 430 valence electrons. The van der Waals surface area contributed by atoms with Crippen LogP contribution in [0.25, 0.3) is 83.5 Å². The summed E-state index contributed by atoms with van der Waals surface area (Å²) >= 11 is 0. The van der Waals surface area contributed by atoms with Gasteiger partial charge in [0.25, 0.3) is 11.4 Å². The second kappa shape index (κ2) is 24.6. The maximum atomic E-state index is 12.3. The number of imidazole rings is 3. The molecule has 1 aliphatic rings. The lowest BCUT2D eigenvalue weighted by atomic mass is 10.1. The molecule has 13 rings (SSSR count). The summed E-state index contributed by atoms with van der Waals surface area (Å²) in [6.07, 6.45) is 17.8. The summed E-state index contributed by atoms with van der Waals surface area (Å²) in [6, 6.07) is 23.7. The van der Waals surface area contributed by atoms with Crippen molar-refractivity contribution in [2.24, 2.45) is 0 Å². The van der Waals surface area contributed by atoms with Gasteiger partial charge in [-0.3, -0.25) is 25.7 Å². The lowest BCUT2D eigenvalue weighted by molar-refractivity contribution is 0.171. The van der Waals surface area contributed by atoms with E-state index in [1.165, 1.54) is 0 Å². The number of fused-ring (bicyclic) bond motifs is 4. The third kappa shape index (κ3) is 12.3. The van der Waals surface area contributed by atoms with Crippen LogP contribution < -0.4 is 46.9 Å². The fraction of sp³-hybridized carbons (Fsp3) is 0.172. The van der Waals surface area contributed by atoms with E-state index in [4.69, 9.17) is 9.47 Å². The number of pyridine rings is 3. The standard InChI is InChI=1S/C20H21N7O2.C19H17N7O3.C19H19N7O/c1-3-21-20(29)25-19-23-15-10-14(13-6-9-26(4-2)17(28)12-13)11-16(18(15)24-19)27-8-5-7-22-27;1-2-20-19(27)25-18-23-13-6-11(12-8-15-17(21-9-12)29-10-28-15)7-14(16(13)24-18)26-5-3-4-22-26;1-3-21-19(27)25-18-23-15-7-14(13-5-4-6-20-10-13)8-16(17(15)24-18)26-11-12(2)9-22-26/h5-12H,3-4H2,1-2H3,(H3,21,23,24,25,29);3-9H,2,10H2,1H3,(H3,20,23,24,25,27);4-11H,3H2,1-2H3,(H3,21,23,24,25,27). The van der Waals surface area contributed by atoms with Gasteiger partial charge in [0.1, 0.15) is 16.6 Å². The molecule has 0 spiro atoms. The van der Waals surface area contributed by atoms with Crippen molar-refractivity contribution in [3.63, 3.8) is 0 Å². The number of H-pyrrole nitrogens is 3. The molecule has 0 saturated carbocycles. The fourth-order valence-electron chi connectivity index (χ4n) is 9.24. The predicted molar refractivity (Wildman–Crippen MR) is 320 cm³/mol. The van der Waals surface area contributed by atoms with Gasteiger partial charge in [0.15, 0.2) is 5.75 Å². The summed E-state index contributed by atoms with van der Waals surface area (Å²) in [5.74, 6) is 2.14. The number of hydrogen-bond donors (Lipinski definition) is 9. The number of aromatic amines is 3. The van der Waals surface area contributed by atoms with E-state index < -0.39 is 0 Å². The van der Waals surface area contributed by atoms with E-state index in [2.05, 4.69) is 87.1 Å². The summed E-state index contributed by atoms with van der Waals surface area (Å²) in [7, 11) is 0. The van der Waals surface area contributed by atoms with Crippen LogP contribution in [0, 0.1) is 6.92 Å². The molecular formula is C58H57N21O6. The molecule has 0 radical (unpaired) electrons. The zero-order valence-corrected chi connectivity index (χ0v) is 46.6. The highest BCUT2D eigenvalue weighted by Gasteiger charge is 2.20. The maximum absolute atomic E-state index is 12.3. The van der Waals surface area contributed by atoms with Crippen molar-refractivity contribution < 1.29 is 23.9 Å². The zero-order valence-electron chi connectivity index (χ0n) is 46.6. The number of aryl methyl sites for hydroxylation is 2. The average molecular weight is 1140 g/mol. The molecule has 0 bridgehead atoms. The molecule has 85 heavy (non-hydrogen) atoms. The Labute approximate surface area is 483 Å². The minimum Gasteiger partial charge on any atom is -0.452 e. The van der Waals surface area contributed by atoms with Gasteiger partial charge in [-0.25, -0.2) is 48.4 Å². The number of carbonyl (C=O) groups excluding carboxylic acids is 3. The van der Waals surface area contributed by atoms with Gasteiger partial charge in [0, 0.05) is 99.1 Å². The highest BCUT2D eigenvalue weighted by atomic mass is 16.7. The van der Waals surface area contributed by atoms with Gasteiger partial charge in [-0.1, -0.05) is 6.07 Å². The van der Waals surface area contributed by atoms with E-state index in [1.807, 2.05) is 132 Å². The average Bonchev–Trinajstić information content (AvgIpc) is 2.80. The van der Waals surface area contributed by atoms with Gasteiger partial charge in [0.2, 0.25) is 24.6 Å². The summed E-state index contributed by atoms with van der Waals surface area (Å²) in [4.78, 5) is 79.4. The van der Waals surface area contributed by atoms with E-state index in [-0.39, 0.29) is 30.4 Å². The molecule has 27 heteroatoms. The first-order valence-corrected chi connectivity index (χ1v) is 27.1. The smallest absolute Gasteiger partial charge is 0.321 e. The molecule has 9 N–H and O–H groups in total. The summed E-state index contributed by atoms with van der Waals surface area (Å²) in [6.45, 7) is 11.8. The van der Waals surface area contributed by atoms with Crippen molar-refractivity contribution in [1.82, 2.24) is 89.7 Å². The molecular weight excluding hydrogens is 1090 g/mol. The Hall–Kier alpha value is -11.6. The van der Waals surface area contributed by atoms with Gasteiger partial charge >= 0.3 is 18.1 Å². The number of anilines is 3. The van der Waals surface area contributed by atoms with E-state index in [0.29, 0.717) is 66.7 Å². The van der Waals surface area contributed by atoms with Gasteiger partial charge in [-0.15, -0.1) is 0 Å². The number of rotatable bonds is 13. The predicted octanol–water partition coefficient (Wildman–Crippen LogP) is 8.68.